The fourth-order valence-corrected chi connectivity index (χ4v) is 3.06. The molecule has 0 aliphatic heterocycles. The van der Waals surface area contributed by atoms with Gasteiger partial charge in [0.15, 0.2) is 5.75 Å². The Labute approximate surface area is 218 Å². The second-order valence-corrected chi connectivity index (χ2v) is 11.3. The van der Waals surface area contributed by atoms with Gasteiger partial charge in [0.1, 0.15) is 22.4 Å². The minimum absolute atomic E-state index is 0.119. The predicted octanol–water partition coefficient (Wildman–Crippen LogP) is 8.47. The molecule has 0 radical (unpaired) electrons. The monoisotopic (exact) mass is 541 g/mol. The summed E-state index contributed by atoms with van der Waals surface area (Å²) in [6.07, 6.45) is 4.23. The first-order chi connectivity index (χ1) is 15.3. The van der Waals surface area contributed by atoms with Crippen LogP contribution in [0.1, 0.15) is 60.8 Å². The van der Waals surface area contributed by atoms with E-state index in [1.54, 1.807) is 12.1 Å². The van der Waals surface area contributed by atoms with Gasteiger partial charge in [-0.15, -0.1) is 0 Å². The van der Waals surface area contributed by atoms with E-state index in [2.05, 4.69) is 25.9 Å². The van der Waals surface area contributed by atoms with Crippen molar-refractivity contribution in [2.45, 2.75) is 66.4 Å². The van der Waals surface area contributed by atoms with Gasteiger partial charge in [0.25, 0.3) is 0 Å². The van der Waals surface area contributed by atoms with Gasteiger partial charge in [-0.1, -0.05) is 72.3 Å². The van der Waals surface area contributed by atoms with Gasteiger partial charge in [-0.25, -0.2) is 0 Å². The van der Waals surface area contributed by atoms with Crippen molar-refractivity contribution in [3.05, 3.63) is 32.7 Å². The first-order valence-electron chi connectivity index (χ1n) is 10.9. The highest BCUT2D eigenvalue weighted by molar-refractivity contribution is 6.55. The second kappa shape index (κ2) is 14.5. The lowest BCUT2D eigenvalue weighted by Crippen LogP contribution is -2.28. The minimum atomic E-state index is -0.328. The minimum Gasteiger partial charge on any atom is -0.490 e. The molecule has 9 heteroatoms. The van der Waals surface area contributed by atoms with Crippen molar-refractivity contribution in [1.82, 2.24) is 0 Å². The van der Waals surface area contributed by atoms with Crippen LogP contribution in [0.2, 0.25) is 10.0 Å². The summed E-state index contributed by atoms with van der Waals surface area (Å²) in [5, 5.41) is 5.08. The number of unbranched alkanes of at least 4 members (excludes halogenated alkanes) is 2. The van der Waals surface area contributed by atoms with Crippen molar-refractivity contribution in [2.75, 3.05) is 26.4 Å². The van der Waals surface area contributed by atoms with Crippen molar-refractivity contribution in [1.29, 1.82) is 0 Å². The number of hydrogen-bond donors (Lipinski definition) is 0. The maximum Gasteiger partial charge on any atom is 0.156 e. The van der Waals surface area contributed by atoms with E-state index in [4.69, 9.17) is 65.5 Å². The zero-order valence-electron chi connectivity index (χ0n) is 20.3. The largest absolute Gasteiger partial charge is 0.490 e. The Bertz CT molecular complexity index is 772. The van der Waals surface area contributed by atoms with Gasteiger partial charge in [0, 0.05) is 24.2 Å². The molecule has 0 aliphatic carbocycles. The van der Waals surface area contributed by atoms with E-state index in [0.717, 1.165) is 25.0 Å². The first kappa shape index (κ1) is 30.2. The lowest BCUT2D eigenvalue weighted by Gasteiger charge is -2.23. The van der Waals surface area contributed by atoms with Crippen molar-refractivity contribution < 1.29 is 19.0 Å². The second-order valence-electron chi connectivity index (χ2n) is 9.47. The molecule has 188 valence electrons. The smallest absolute Gasteiger partial charge is 0.156 e. The molecule has 1 aromatic carbocycles. The summed E-state index contributed by atoms with van der Waals surface area (Å²) >= 11 is 23.7. The summed E-state index contributed by atoms with van der Waals surface area (Å²) in [6, 6.07) is 3.29. The van der Waals surface area contributed by atoms with Crippen LogP contribution in [0.25, 0.3) is 0 Å². The Balaban J connectivity index is 2.35. The topological polar surface area (TPSA) is 49.3 Å². The van der Waals surface area contributed by atoms with Crippen molar-refractivity contribution in [3.63, 3.8) is 0 Å². The Morgan fingerprint density at radius 2 is 1.52 bits per heavy atom. The Morgan fingerprint density at radius 1 is 0.909 bits per heavy atom. The van der Waals surface area contributed by atoms with Gasteiger partial charge in [-0.3, -0.25) is 0 Å². The third-order valence-electron chi connectivity index (χ3n) is 4.17. The number of hydrogen-bond acceptors (Lipinski definition) is 5. The number of ether oxygens (including phenoxy) is 3. The van der Waals surface area contributed by atoms with E-state index in [-0.39, 0.29) is 22.1 Å². The highest BCUT2D eigenvalue weighted by Crippen LogP contribution is 2.37. The molecular weight excluding hydrogens is 508 g/mol. The normalized spacial score (nSPS) is 12.5. The lowest BCUT2D eigenvalue weighted by molar-refractivity contribution is -0.00225. The van der Waals surface area contributed by atoms with Gasteiger partial charge in [-0.2, -0.15) is 0 Å². The van der Waals surface area contributed by atoms with E-state index in [1.807, 2.05) is 20.8 Å². The molecule has 0 amide bonds. The van der Waals surface area contributed by atoms with Crippen LogP contribution in [0, 0.1) is 5.41 Å². The molecule has 0 bridgehead atoms. The van der Waals surface area contributed by atoms with Crippen molar-refractivity contribution in [3.8, 4) is 11.5 Å². The van der Waals surface area contributed by atoms with Crippen LogP contribution in [0.15, 0.2) is 27.9 Å². The maximum atomic E-state index is 6.28. The molecule has 0 spiro atoms. The summed E-state index contributed by atoms with van der Waals surface area (Å²) in [7, 11) is 0. The third kappa shape index (κ3) is 13.6. The van der Waals surface area contributed by atoms with Gasteiger partial charge >= 0.3 is 0 Å². The molecule has 0 N–H and O–H groups in total. The lowest BCUT2D eigenvalue weighted by atomic mass is 9.90. The number of halogens is 4. The van der Waals surface area contributed by atoms with Crippen LogP contribution in [0.5, 0.6) is 11.5 Å². The molecule has 33 heavy (non-hydrogen) atoms. The van der Waals surface area contributed by atoms with Crippen LogP contribution in [-0.2, 0) is 9.57 Å². The van der Waals surface area contributed by atoms with E-state index in [1.165, 1.54) is 6.08 Å². The highest BCUT2D eigenvalue weighted by Gasteiger charge is 2.21. The summed E-state index contributed by atoms with van der Waals surface area (Å²) in [5.41, 5.74) is 0.441. The highest BCUT2D eigenvalue weighted by atomic mass is 35.5. The number of rotatable bonds is 13. The zero-order valence-corrected chi connectivity index (χ0v) is 23.3. The zero-order chi connectivity index (χ0) is 25.1. The maximum absolute atomic E-state index is 6.28. The van der Waals surface area contributed by atoms with E-state index < -0.39 is 0 Å². The molecule has 0 aromatic heterocycles. The van der Waals surface area contributed by atoms with Gasteiger partial charge in [0.2, 0.25) is 0 Å². The average molecular weight is 543 g/mol. The molecule has 0 heterocycles. The van der Waals surface area contributed by atoms with E-state index in [0.29, 0.717) is 41.4 Å². The molecule has 1 rings (SSSR count). The van der Waals surface area contributed by atoms with Crippen LogP contribution in [-0.4, -0.2) is 37.7 Å². The quantitative estimate of drug-likeness (QED) is 0.142. The van der Waals surface area contributed by atoms with Gasteiger partial charge in [0.05, 0.1) is 29.0 Å². The Morgan fingerprint density at radius 3 is 2.06 bits per heavy atom. The SMILES string of the molecule is CC(C)(C)ON=C(COCCCCCOc1c(Cl)cc(OCC=C(Cl)Cl)cc1Cl)C(C)(C)C. The van der Waals surface area contributed by atoms with Gasteiger partial charge in [-0.05, 0) is 46.1 Å². The number of benzene rings is 1. The van der Waals surface area contributed by atoms with E-state index in [9.17, 15) is 0 Å². The fourth-order valence-electron chi connectivity index (χ4n) is 2.36. The van der Waals surface area contributed by atoms with E-state index >= 15 is 0 Å². The third-order valence-corrected chi connectivity index (χ3v) is 5.04. The number of oxime groups is 1. The van der Waals surface area contributed by atoms with Crippen LogP contribution < -0.4 is 9.47 Å². The molecule has 5 nitrogen and oxygen atoms in total. The molecule has 0 saturated heterocycles. The summed E-state index contributed by atoms with van der Waals surface area (Å²) < 4.78 is 17.2. The van der Waals surface area contributed by atoms with Crippen LogP contribution >= 0.6 is 46.4 Å². The van der Waals surface area contributed by atoms with Crippen molar-refractivity contribution >= 4 is 52.1 Å². The molecule has 0 fully saturated rings. The average Bonchev–Trinajstić information content (AvgIpc) is 2.65. The summed E-state index contributed by atoms with van der Waals surface area (Å²) in [4.78, 5) is 5.57. The molecule has 0 atom stereocenters. The van der Waals surface area contributed by atoms with Crippen LogP contribution in [0.4, 0.5) is 0 Å². The summed E-state index contributed by atoms with van der Waals surface area (Å²) in [6.45, 7) is 14.0. The first-order valence-corrected chi connectivity index (χ1v) is 12.4. The molecule has 0 saturated carbocycles. The van der Waals surface area contributed by atoms with Crippen molar-refractivity contribution in [2.24, 2.45) is 10.6 Å². The molecular formula is C24H35Cl4NO4. The molecule has 0 aliphatic rings. The summed E-state index contributed by atoms with van der Waals surface area (Å²) in [5.74, 6) is 0.948. The molecule has 1 aromatic rings. The standard InChI is InChI=1S/C24H35Cl4NO4/c1-23(2,3)20(29-33-24(4,5)6)16-30-11-8-7-9-12-32-22-18(25)14-17(15-19(22)26)31-13-10-21(27)28/h10,14-15H,7-9,11-13,16H2,1-6H3. The Kier molecular flexibility index (Phi) is 13.3. The van der Waals surface area contributed by atoms with Crippen LogP contribution in [0.3, 0.4) is 0 Å². The number of nitrogens with zero attached hydrogens (tertiary/aromatic N) is 1. The fraction of sp³-hybridized carbons (Fsp3) is 0.625. The molecule has 0 unspecified atom stereocenters. The predicted molar refractivity (Wildman–Crippen MR) is 140 cm³/mol. The van der Waals surface area contributed by atoms with Gasteiger partial charge < -0.3 is 19.0 Å². The Hall–Kier alpha value is -0.850.